The Balaban J connectivity index is 2.53. The molecule has 1 aromatic rings. The summed E-state index contributed by atoms with van der Waals surface area (Å²) in [5, 5.41) is 4.27. The molecule has 0 aliphatic heterocycles. The van der Waals surface area contributed by atoms with Crippen LogP contribution in [-0.4, -0.2) is 6.04 Å². The van der Waals surface area contributed by atoms with E-state index < -0.39 is 0 Å². The topological polar surface area (TPSA) is 12.0 Å². The van der Waals surface area contributed by atoms with Crippen molar-refractivity contribution in [3.63, 3.8) is 0 Å². The zero-order chi connectivity index (χ0) is 11.3. The Kier molecular flexibility index (Phi) is 5.65. The van der Waals surface area contributed by atoms with Crippen LogP contribution in [0.25, 0.3) is 0 Å². The second kappa shape index (κ2) is 6.51. The number of rotatable bonds is 5. The second-order valence-corrected chi connectivity index (χ2v) is 5.10. The summed E-state index contributed by atoms with van der Waals surface area (Å²) >= 11 is 9.47. The summed E-state index contributed by atoms with van der Waals surface area (Å²) in [5.41, 5.74) is 1.21. The summed E-state index contributed by atoms with van der Waals surface area (Å²) in [4.78, 5) is 0. The Morgan fingerprint density at radius 3 is 2.87 bits per heavy atom. The Bertz CT molecular complexity index is 314. The van der Waals surface area contributed by atoms with Gasteiger partial charge in [0.05, 0.1) is 0 Å². The third-order valence-corrected chi connectivity index (χ3v) is 3.38. The van der Waals surface area contributed by atoms with Crippen molar-refractivity contribution in [3.05, 3.63) is 33.3 Å². The molecule has 0 radical (unpaired) electrons. The van der Waals surface area contributed by atoms with Crippen molar-refractivity contribution in [2.45, 2.75) is 39.3 Å². The van der Waals surface area contributed by atoms with Crippen LogP contribution in [0.5, 0.6) is 0 Å². The van der Waals surface area contributed by atoms with Gasteiger partial charge < -0.3 is 5.32 Å². The van der Waals surface area contributed by atoms with Crippen molar-refractivity contribution < 1.29 is 0 Å². The molecule has 1 rings (SSSR count). The lowest BCUT2D eigenvalue weighted by Crippen LogP contribution is -2.25. The lowest BCUT2D eigenvalue weighted by atomic mass is 10.1. The predicted octanol–water partition coefficient (Wildman–Crippen LogP) is 4.38. The van der Waals surface area contributed by atoms with E-state index in [2.05, 4.69) is 35.1 Å². The largest absolute Gasteiger partial charge is 0.310 e. The van der Waals surface area contributed by atoms with Gasteiger partial charge in [0.15, 0.2) is 0 Å². The van der Waals surface area contributed by atoms with Gasteiger partial charge >= 0.3 is 0 Å². The van der Waals surface area contributed by atoms with E-state index in [0.29, 0.717) is 6.04 Å². The quantitative estimate of drug-likeness (QED) is 0.848. The molecule has 0 aliphatic rings. The molecule has 0 amide bonds. The molecule has 0 bridgehead atoms. The predicted molar refractivity (Wildman–Crippen MR) is 70.4 cm³/mol. The van der Waals surface area contributed by atoms with Gasteiger partial charge in [0.25, 0.3) is 0 Å². The molecule has 15 heavy (non-hydrogen) atoms. The first-order chi connectivity index (χ1) is 7.13. The van der Waals surface area contributed by atoms with Crippen LogP contribution in [0.15, 0.2) is 22.7 Å². The minimum absolute atomic E-state index is 0.556. The highest BCUT2D eigenvalue weighted by molar-refractivity contribution is 9.10. The maximum Gasteiger partial charge on any atom is 0.0410 e. The minimum atomic E-state index is 0.556. The zero-order valence-electron chi connectivity index (χ0n) is 9.19. The van der Waals surface area contributed by atoms with E-state index in [4.69, 9.17) is 11.6 Å². The van der Waals surface area contributed by atoms with Crippen molar-refractivity contribution in [1.29, 1.82) is 0 Å². The standard InChI is InChI=1S/C12H17BrClN/c1-3-4-9(2)15-8-10-7-11(14)5-6-12(10)13/h5-7,9,15H,3-4,8H2,1-2H3. The number of halogens is 2. The summed E-state index contributed by atoms with van der Waals surface area (Å²) in [7, 11) is 0. The summed E-state index contributed by atoms with van der Waals surface area (Å²) in [6.07, 6.45) is 2.42. The van der Waals surface area contributed by atoms with Gasteiger partial charge in [-0.3, -0.25) is 0 Å². The Morgan fingerprint density at radius 2 is 2.20 bits per heavy atom. The smallest absolute Gasteiger partial charge is 0.0410 e. The van der Waals surface area contributed by atoms with E-state index in [1.54, 1.807) is 0 Å². The molecule has 0 saturated carbocycles. The zero-order valence-corrected chi connectivity index (χ0v) is 11.5. The molecule has 0 saturated heterocycles. The van der Waals surface area contributed by atoms with E-state index in [1.807, 2.05) is 18.2 Å². The molecule has 0 fully saturated rings. The van der Waals surface area contributed by atoms with Gasteiger partial charge in [0, 0.05) is 22.1 Å². The lowest BCUT2D eigenvalue weighted by Gasteiger charge is -2.13. The third kappa shape index (κ3) is 4.54. The van der Waals surface area contributed by atoms with Gasteiger partial charge in [-0.1, -0.05) is 40.9 Å². The van der Waals surface area contributed by atoms with Crippen molar-refractivity contribution >= 4 is 27.5 Å². The van der Waals surface area contributed by atoms with E-state index >= 15 is 0 Å². The first kappa shape index (κ1) is 13.0. The SMILES string of the molecule is CCCC(C)NCc1cc(Cl)ccc1Br. The van der Waals surface area contributed by atoms with Gasteiger partial charge in [0.2, 0.25) is 0 Å². The first-order valence-electron chi connectivity index (χ1n) is 5.30. The molecule has 0 heterocycles. The van der Waals surface area contributed by atoms with Crippen LogP contribution >= 0.6 is 27.5 Å². The first-order valence-corrected chi connectivity index (χ1v) is 6.48. The molecular weight excluding hydrogens is 273 g/mol. The average Bonchev–Trinajstić information content (AvgIpc) is 2.20. The molecule has 1 N–H and O–H groups in total. The lowest BCUT2D eigenvalue weighted by molar-refractivity contribution is 0.508. The molecule has 1 unspecified atom stereocenters. The normalized spacial score (nSPS) is 12.8. The number of hydrogen-bond acceptors (Lipinski definition) is 1. The van der Waals surface area contributed by atoms with E-state index in [0.717, 1.165) is 16.0 Å². The van der Waals surface area contributed by atoms with Crippen LogP contribution < -0.4 is 5.32 Å². The van der Waals surface area contributed by atoms with Gasteiger partial charge in [-0.2, -0.15) is 0 Å². The van der Waals surface area contributed by atoms with Crippen molar-refractivity contribution in [2.24, 2.45) is 0 Å². The van der Waals surface area contributed by atoms with Crippen LogP contribution in [0.4, 0.5) is 0 Å². The highest BCUT2D eigenvalue weighted by Crippen LogP contribution is 2.21. The second-order valence-electron chi connectivity index (χ2n) is 3.81. The van der Waals surface area contributed by atoms with Crippen LogP contribution in [0.1, 0.15) is 32.3 Å². The van der Waals surface area contributed by atoms with Gasteiger partial charge in [-0.25, -0.2) is 0 Å². The number of nitrogens with one attached hydrogen (secondary N) is 1. The third-order valence-electron chi connectivity index (χ3n) is 2.37. The van der Waals surface area contributed by atoms with Crippen LogP contribution in [-0.2, 0) is 6.54 Å². The molecule has 3 heteroatoms. The van der Waals surface area contributed by atoms with E-state index in [-0.39, 0.29) is 0 Å². The van der Waals surface area contributed by atoms with Gasteiger partial charge in [-0.05, 0) is 37.1 Å². The molecule has 0 aliphatic carbocycles. The molecule has 1 atom stereocenters. The average molecular weight is 291 g/mol. The molecule has 0 spiro atoms. The summed E-state index contributed by atoms with van der Waals surface area (Å²) in [6, 6.07) is 6.44. The highest BCUT2D eigenvalue weighted by atomic mass is 79.9. The van der Waals surface area contributed by atoms with Crippen LogP contribution in [0, 0.1) is 0 Å². The van der Waals surface area contributed by atoms with Crippen LogP contribution in [0.2, 0.25) is 5.02 Å². The molecule has 1 nitrogen and oxygen atoms in total. The van der Waals surface area contributed by atoms with Crippen molar-refractivity contribution in [3.8, 4) is 0 Å². The van der Waals surface area contributed by atoms with E-state index in [9.17, 15) is 0 Å². The fourth-order valence-corrected chi connectivity index (χ4v) is 2.08. The summed E-state index contributed by atoms with van der Waals surface area (Å²) in [6.45, 7) is 5.28. The number of benzene rings is 1. The van der Waals surface area contributed by atoms with Crippen LogP contribution in [0.3, 0.4) is 0 Å². The number of hydrogen-bond donors (Lipinski definition) is 1. The summed E-state index contributed by atoms with van der Waals surface area (Å²) < 4.78 is 1.11. The molecular formula is C12H17BrClN. The summed E-state index contributed by atoms with van der Waals surface area (Å²) in [5.74, 6) is 0. The fraction of sp³-hybridized carbons (Fsp3) is 0.500. The Labute approximate surface area is 105 Å². The van der Waals surface area contributed by atoms with Crippen molar-refractivity contribution in [2.75, 3.05) is 0 Å². The maximum absolute atomic E-state index is 5.94. The monoisotopic (exact) mass is 289 g/mol. The van der Waals surface area contributed by atoms with Crippen molar-refractivity contribution in [1.82, 2.24) is 5.32 Å². The van der Waals surface area contributed by atoms with E-state index in [1.165, 1.54) is 18.4 Å². The molecule has 1 aromatic carbocycles. The fourth-order valence-electron chi connectivity index (χ4n) is 1.50. The maximum atomic E-state index is 5.94. The minimum Gasteiger partial charge on any atom is -0.310 e. The Hall–Kier alpha value is -0.0500. The molecule has 84 valence electrons. The van der Waals surface area contributed by atoms with Gasteiger partial charge in [0.1, 0.15) is 0 Å². The molecule has 0 aromatic heterocycles. The van der Waals surface area contributed by atoms with Gasteiger partial charge in [-0.15, -0.1) is 0 Å². The highest BCUT2D eigenvalue weighted by Gasteiger charge is 2.03. The Morgan fingerprint density at radius 1 is 1.47 bits per heavy atom.